The van der Waals surface area contributed by atoms with Crippen LogP contribution in [0.1, 0.15) is 6.92 Å². The van der Waals surface area contributed by atoms with Gasteiger partial charge in [-0.1, -0.05) is 29.5 Å². The zero-order valence-electron chi connectivity index (χ0n) is 13.8. The van der Waals surface area contributed by atoms with Gasteiger partial charge in [-0.2, -0.15) is 8.42 Å². The van der Waals surface area contributed by atoms with E-state index in [-0.39, 0.29) is 22.8 Å². The van der Waals surface area contributed by atoms with Crippen LogP contribution in [0.25, 0.3) is 10.2 Å². The molecule has 6 nitrogen and oxygen atoms in total. The molecule has 0 fully saturated rings. The van der Waals surface area contributed by atoms with Gasteiger partial charge in [-0.25, -0.2) is 4.39 Å². The van der Waals surface area contributed by atoms with Gasteiger partial charge in [-0.3, -0.25) is 4.79 Å². The van der Waals surface area contributed by atoms with Crippen LogP contribution in [-0.2, 0) is 26.1 Å². The molecule has 1 aromatic heterocycles. The van der Waals surface area contributed by atoms with Crippen LogP contribution in [0.5, 0.6) is 0 Å². The van der Waals surface area contributed by atoms with Gasteiger partial charge in [0.1, 0.15) is 12.4 Å². The van der Waals surface area contributed by atoms with Crippen molar-refractivity contribution in [2.24, 2.45) is 4.40 Å². The summed E-state index contributed by atoms with van der Waals surface area (Å²) in [4.78, 5) is 12.0. The van der Waals surface area contributed by atoms with E-state index in [1.807, 2.05) is 0 Å². The van der Waals surface area contributed by atoms with Crippen LogP contribution in [-0.4, -0.2) is 25.6 Å². The molecule has 9 heteroatoms. The molecule has 0 saturated carbocycles. The molecule has 0 spiro atoms. The molecule has 3 rings (SSSR count). The monoisotopic (exact) mass is 394 g/mol. The average Bonchev–Trinajstić information content (AvgIpc) is 2.91. The van der Waals surface area contributed by atoms with Crippen molar-refractivity contribution in [2.75, 3.05) is 6.61 Å². The van der Waals surface area contributed by atoms with Gasteiger partial charge < -0.3 is 9.30 Å². The lowest BCUT2D eigenvalue weighted by Gasteiger charge is -2.05. The predicted octanol–water partition coefficient (Wildman–Crippen LogP) is 2.69. The zero-order chi connectivity index (χ0) is 18.7. The Morgan fingerprint density at radius 2 is 1.96 bits per heavy atom. The molecule has 0 N–H and O–H groups in total. The lowest BCUT2D eigenvalue weighted by atomic mass is 10.3. The number of carbonyl (C=O) groups excluding carboxylic acids is 1. The fourth-order valence-corrected chi connectivity index (χ4v) is 4.63. The predicted molar refractivity (Wildman–Crippen MR) is 95.6 cm³/mol. The summed E-state index contributed by atoms with van der Waals surface area (Å²) in [6.07, 6.45) is 0. The van der Waals surface area contributed by atoms with Gasteiger partial charge in [0.25, 0.3) is 10.0 Å². The second-order valence-corrected chi connectivity index (χ2v) is 7.88. The number of ether oxygens (including phenoxy) is 1. The summed E-state index contributed by atoms with van der Waals surface area (Å²) in [7, 11) is -3.97. The highest BCUT2D eigenvalue weighted by Crippen LogP contribution is 2.20. The molecular formula is C17H15FN2O4S2. The van der Waals surface area contributed by atoms with Gasteiger partial charge in [0, 0.05) is 0 Å². The maximum absolute atomic E-state index is 13.5. The highest BCUT2D eigenvalue weighted by molar-refractivity contribution is 7.90. The lowest BCUT2D eigenvalue weighted by Crippen LogP contribution is -2.23. The van der Waals surface area contributed by atoms with Crippen LogP contribution in [0.3, 0.4) is 0 Å². The minimum absolute atomic E-state index is 0.0336. The number of esters is 1. The number of hydrogen-bond donors (Lipinski definition) is 0. The maximum Gasteiger partial charge on any atom is 0.326 e. The number of sulfonamides is 1. The Hall–Kier alpha value is -2.52. The van der Waals surface area contributed by atoms with E-state index in [0.29, 0.717) is 10.2 Å². The molecule has 2 aromatic carbocycles. The van der Waals surface area contributed by atoms with Crippen LogP contribution >= 0.6 is 11.3 Å². The summed E-state index contributed by atoms with van der Waals surface area (Å²) >= 11 is 0.989. The number of thiazole rings is 1. The van der Waals surface area contributed by atoms with Gasteiger partial charge >= 0.3 is 5.97 Å². The molecule has 0 amide bonds. The first-order valence-corrected chi connectivity index (χ1v) is 9.97. The smallest absolute Gasteiger partial charge is 0.326 e. The summed E-state index contributed by atoms with van der Waals surface area (Å²) in [5, 5.41) is 0. The molecule has 26 heavy (non-hydrogen) atoms. The van der Waals surface area contributed by atoms with E-state index in [1.165, 1.54) is 34.9 Å². The second-order valence-electron chi connectivity index (χ2n) is 5.27. The Bertz CT molecular complexity index is 1120. The number of fused-ring (bicyclic) bond motifs is 1. The summed E-state index contributed by atoms with van der Waals surface area (Å²) in [6, 6.07) is 11.7. The van der Waals surface area contributed by atoms with Crippen LogP contribution in [0.4, 0.5) is 4.39 Å². The first-order chi connectivity index (χ1) is 12.4. The number of aromatic nitrogens is 1. The molecule has 0 aliphatic heterocycles. The van der Waals surface area contributed by atoms with Crippen molar-refractivity contribution < 1.29 is 22.3 Å². The van der Waals surface area contributed by atoms with Crippen molar-refractivity contribution in [3.8, 4) is 0 Å². The van der Waals surface area contributed by atoms with Gasteiger partial charge in [-0.15, -0.1) is 4.40 Å². The third-order valence-electron chi connectivity index (χ3n) is 3.48. The normalized spacial score (nSPS) is 12.5. The summed E-state index contributed by atoms with van der Waals surface area (Å²) in [5.74, 6) is -0.991. The molecule has 0 bridgehead atoms. The van der Waals surface area contributed by atoms with E-state index in [4.69, 9.17) is 4.74 Å². The lowest BCUT2D eigenvalue weighted by molar-refractivity contribution is -0.143. The number of halogens is 1. The minimum atomic E-state index is -3.97. The Labute approximate surface area is 153 Å². The second kappa shape index (κ2) is 7.38. The van der Waals surface area contributed by atoms with Gasteiger partial charge in [0.05, 0.1) is 21.7 Å². The van der Waals surface area contributed by atoms with E-state index in [9.17, 15) is 17.6 Å². The first kappa shape index (κ1) is 18.3. The van der Waals surface area contributed by atoms with Crippen LogP contribution in [0, 0.1) is 5.82 Å². The number of hydrogen-bond acceptors (Lipinski definition) is 5. The van der Waals surface area contributed by atoms with E-state index < -0.39 is 21.8 Å². The summed E-state index contributed by atoms with van der Waals surface area (Å²) in [5.41, 5.74) is 0.506. The maximum atomic E-state index is 13.5. The van der Waals surface area contributed by atoms with Crippen molar-refractivity contribution in [3.63, 3.8) is 0 Å². The molecule has 0 aliphatic rings. The molecule has 136 valence electrons. The van der Waals surface area contributed by atoms with Gasteiger partial charge in [0.15, 0.2) is 0 Å². The Morgan fingerprint density at radius 3 is 2.65 bits per heavy atom. The quantitative estimate of drug-likeness (QED) is 0.624. The van der Waals surface area contributed by atoms with Crippen molar-refractivity contribution in [3.05, 3.63) is 59.1 Å². The minimum Gasteiger partial charge on any atom is -0.465 e. The Balaban J connectivity index is 2.19. The number of carbonyl (C=O) groups is 1. The Kier molecular flexibility index (Phi) is 5.19. The third kappa shape index (κ3) is 3.83. The fraction of sp³-hybridized carbons (Fsp3) is 0.176. The van der Waals surface area contributed by atoms with Crippen molar-refractivity contribution in [1.82, 2.24) is 4.57 Å². The summed E-state index contributed by atoms with van der Waals surface area (Å²) in [6.45, 7) is 1.66. The fourth-order valence-electron chi connectivity index (χ4n) is 2.35. The average molecular weight is 394 g/mol. The van der Waals surface area contributed by atoms with E-state index in [1.54, 1.807) is 25.1 Å². The molecule has 1 heterocycles. The molecule has 0 atom stereocenters. The van der Waals surface area contributed by atoms with Gasteiger partial charge in [0.2, 0.25) is 4.80 Å². The van der Waals surface area contributed by atoms with E-state index >= 15 is 0 Å². The topological polar surface area (TPSA) is 77.7 Å². The van der Waals surface area contributed by atoms with E-state index in [2.05, 4.69) is 4.40 Å². The van der Waals surface area contributed by atoms with Crippen LogP contribution in [0.15, 0.2) is 57.8 Å². The highest BCUT2D eigenvalue weighted by Gasteiger charge is 2.16. The van der Waals surface area contributed by atoms with E-state index in [0.717, 1.165) is 11.3 Å². The largest absolute Gasteiger partial charge is 0.465 e. The highest BCUT2D eigenvalue weighted by atomic mass is 32.2. The van der Waals surface area contributed by atoms with Crippen LogP contribution in [0.2, 0.25) is 0 Å². The molecule has 0 aliphatic carbocycles. The summed E-state index contributed by atoms with van der Waals surface area (Å²) < 4.78 is 49.3. The molecule has 3 aromatic rings. The molecule has 0 radical (unpaired) electrons. The number of benzene rings is 2. The SMILES string of the molecule is CCOC(=O)Cn1c(=NS(=O)(=O)c2ccccc2)sc2cc(F)ccc21. The van der Waals surface area contributed by atoms with Crippen molar-refractivity contribution in [2.45, 2.75) is 18.4 Å². The standard InChI is InChI=1S/C17H15FN2O4S2/c1-2-24-16(21)11-20-14-9-8-12(18)10-15(14)25-17(20)19-26(22,23)13-6-4-3-5-7-13/h3-10H,2,11H2,1H3. The molecule has 0 unspecified atom stereocenters. The Morgan fingerprint density at radius 1 is 1.23 bits per heavy atom. The third-order valence-corrected chi connectivity index (χ3v) is 5.91. The van der Waals surface area contributed by atoms with Gasteiger partial charge in [-0.05, 0) is 37.3 Å². The molecule has 0 saturated heterocycles. The zero-order valence-corrected chi connectivity index (χ0v) is 15.4. The first-order valence-electron chi connectivity index (χ1n) is 7.71. The van der Waals surface area contributed by atoms with Crippen molar-refractivity contribution in [1.29, 1.82) is 0 Å². The van der Waals surface area contributed by atoms with Crippen molar-refractivity contribution >= 4 is 37.5 Å². The van der Waals surface area contributed by atoms with Crippen LogP contribution < -0.4 is 4.80 Å². The number of rotatable bonds is 5. The number of nitrogens with zero attached hydrogens (tertiary/aromatic N) is 2. The molecular weight excluding hydrogens is 379 g/mol.